The third-order valence-electron chi connectivity index (χ3n) is 5.83. The van der Waals surface area contributed by atoms with E-state index in [1.54, 1.807) is 11.7 Å². The van der Waals surface area contributed by atoms with Crippen LogP contribution in [0.25, 0.3) is 0 Å². The van der Waals surface area contributed by atoms with Crippen molar-refractivity contribution in [3.63, 3.8) is 0 Å². The second kappa shape index (κ2) is 12.9. The standard InChI is InChI=1S/C25H32N4O5S2/c1-28(2)36(33,34)27-21(13-19-9-5-3-6-10-19)15-24(30)23(14-20-11-7-4-8-12-20)29(25(31)32)17-22-16-26-18-35-22/h3-12,16,18,21,23-24,27,30H,13-15,17H2,1-2H3,(H,31,32)/t21-,23-,24-/m0/s1. The molecule has 0 unspecified atom stereocenters. The fourth-order valence-electron chi connectivity index (χ4n) is 3.96. The van der Waals surface area contributed by atoms with Gasteiger partial charge in [0, 0.05) is 31.2 Å². The first-order chi connectivity index (χ1) is 17.2. The minimum absolute atomic E-state index is 0.0198. The summed E-state index contributed by atoms with van der Waals surface area (Å²) in [6, 6.07) is 17.2. The second-order valence-corrected chi connectivity index (χ2v) is 11.6. The molecule has 0 aliphatic heterocycles. The summed E-state index contributed by atoms with van der Waals surface area (Å²) in [4.78, 5) is 18.3. The highest BCUT2D eigenvalue weighted by molar-refractivity contribution is 7.87. The molecule has 0 spiro atoms. The Morgan fingerprint density at radius 3 is 2.11 bits per heavy atom. The molecule has 9 nitrogen and oxygen atoms in total. The number of nitrogens with one attached hydrogen (secondary N) is 1. The largest absolute Gasteiger partial charge is 0.465 e. The molecular formula is C25H32N4O5S2. The first kappa shape index (κ1) is 27.8. The van der Waals surface area contributed by atoms with Gasteiger partial charge in [-0.05, 0) is 30.4 Å². The monoisotopic (exact) mass is 532 g/mol. The lowest BCUT2D eigenvalue weighted by molar-refractivity contribution is 0.0357. The third-order valence-corrected chi connectivity index (χ3v) is 8.19. The summed E-state index contributed by atoms with van der Waals surface area (Å²) in [7, 11) is -0.933. The van der Waals surface area contributed by atoms with Gasteiger partial charge in [0.1, 0.15) is 0 Å². The molecule has 3 aromatic rings. The molecule has 36 heavy (non-hydrogen) atoms. The molecule has 0 fully saturated rings. The average molecular weight is 533 g/mol. The van der Waals surface area contributed by atoms with Crippen molar-refractivity contribution in [1.29, 1.82) is 0 Å². The molecule has 0 aliphatic rings. The maximum Gasteiger partial charge on any atom is 0.407 e. The van der Waals surface area contributed by atoms with Crippen molar-refractivity contribution >= 4 is 27.6 Å². The first-order valence-corrected chi connectivity index (χ1v) is 13.8. The summed E-state index contributed by atoms with van der Waals surface area (Å²) in [5.74, 6) is 0. The number of thiazole rings is 1. The van der Waals surface area contributed by atoms with E-state index in [0.29, 0.717) is 6.42 Å². The smallest absolute Gasteiger partial charge is 0.407 e. The van der Waals surface area contributed by atoms with Crippen LogP contribution in [0.5, 0.6) is 0 Å². The van der Waals surface area contributed by atoms with Crippen LogP contribution < -0.4 is 4.72 Å². The van der Waals surface area contributed by atoms with Gasteiger partial charge in [-0.1, -0.05) is 60.7 Å². The van der Waals surface area contributed by atoms with Gasteiger partial charge in [-0.3, -0.25) is 9.88 Å². The molecule has 11 heteroatoms. The first-order valence-electron chi connectivity index (χ1n) is 11.5. The van der Waals surface area contributed by atoms with Crippen molar-refractivity contribution in [3.8, 4) is 0 Å². The van der Waals surface area contributed by atoms with Crippen molar-refractivity contribution < 1.29 is 23.4 Å². The van der Waals surface area contributed by atoms with Crippen LogP contribution >= 0.6 is 11.3 Å². The molecule has 3 N–H and O–H groups in total. The molecule has 194 valence electrons. The van der Waals surface area contributed by atoms with E-state index in [-0.39, 0.29) is 19.4 Å². The van der Waals surface area contributed by atoms with Crippen molar-refractivity contribution in [2.75, 3.05) is 14.1 Å². The van der Waals surface area contributed by atoms with Gasteiger partial charge in [0.25, 0.3) is 10.2 Å². The molecule has 0 aliphatic carbocycles. The quantitative estimate of drug-likeness (QED) is 0.311. The van der Waals surface area contributed by atoms with Crippen LogP contribution in [-0.2, 0) is 29.6 Å². The minimum Gasteiger partial charge on any atom is -0.465 e. The zero-order valence-corrected chi connectivity index (χ0v) is 21.9. The summed E-state index contributed by atoms with van der Waals surface area (Å²) in [6.07, 6.45) is -0.0805. The number of rotatable bonds is 13. The Hall–Kier alpha value is -2.83. The number of hydrogen-bond donors (Lipinski definition) is 3. The zero-order valence-electron chi connectivity index (χ0n) is 20.3. The fraction of sp³-hybridized carbons (Fsp3) is 0.360. The van der Waals surface area contributed by atoms with Gasteiger partial charge >= 0.3 is 6.09 Å². The molecular weight excluding hydrogens is 500 g/mol. The van der Waals surface area contributed by atoms with Gasteiger partial charge in [-0.15, -0.1) is 11.3 Å². The predicted octanol–water partition coefficient (Wildman–Crippen LogP) is 2.99. The third kappa shape index (κ3) is 8.10. The number of carboxylic acid groups (broad SMARTS) is 1. The van der Waals surface area contributed by atoms with Crippen LogP contribution in [0.1, 0.15) is 22.4 Å². The van der Waals surface area contributed by atoms with Crippen molar-refractivity contribution in [1.82, 2.24) is 18.9 Å². The van der Waals surface area contributed by atoms with E-state index in [9.17, 15) is 23.4 Å². The summed E-state index contributed by atoms with van der Waals surface area (Å²) in [6.45, 7) is 0.0708. The van der Waals surface area contributed by atoms with Gasteiger partial charge in [0.05, 0.1) is 24.2 Å². The summed E-state index contributed by atoms with van der Waals surface area (Å²) < 4.78 is 29.0. The zero-order chi connectivity index (χ0) is 26.1. The van der Waals surface area contributed by atoms with E-state index in [2.05, 4.69) is 9.71 Å². The van der Waals surface area contributed by atoms with Gasteiger partial charge in [0.15, 0.2) is 0 Å². The van der Waals surface area contributed by atoms with Gasteiger partial charge in [-0.2, -0.15) is 17.4 Å². The Labute approximate surface area is 216 Å². The number of hydrogen-bond acceptors (Lipinski definition) is 6. The number of amides is 1. The van der Waals surface area contributed by atoms with Gasteiger partial charge in [-0.25, -0.2) is 4.79 Å². The Morgan fingerprint density at radius 1 is 1.03 bits per heavy atom. The van der Waals surface area contributed by atoms with Crippen LogP contribution in [0.2, 0.25) is 0 Å². The topological polar surface area (TPSA) is 123 Å². The normalized spacial score (nSPS) is 14.3. The van der Waals surface area contributed by atoms with E-state index in [0.717, 1.165) is 20.3 Å². The fourth-order valence-corrected chi connectivity index (χ4v) is 5.36. The maximum absolute atomic E-state index is 12.7. The summed E-state index contributed by atoms with van der Waals surface area (Å²) in [5, 5.41) is 21.5. The molecule has 0 bridgehead atoms. The second-order valence-electron chi connectivity index (χ2n) is 8.73. The van der Waals surface area contributed by atoms with Gasteiger partial charge in [0.2, 0.25) is 0 Å². The molecule has 0 radical (unpaired) electrons. The van der Waals surface area contributed by atoms with Gasteiger partial charge < -0.3 is 10.2 Å². The van der Waals surface area contributed by atoms with Crippen molar-refractivity contribution in [2.45, 2.75) is 44.0 Å². The van der Waals surface area contributed by atoms with Crippen molar-refractivity contribution in [2.24, 2.45) is 0 Å². The highest BCUT2D eigenvalue weighted by Gasteiger charge is 2.33. The van der Waals surface area contributed by atoms with Crippen LogP contribution in [0.3, 0.4) is 0 Å². The van der Waals surface area contributed by atoms with Crippen LogP contribution in [-0.4, -0.2) is 71.2 Å². The van der Waals surface area contributed by atoms with E-state index >= 15 is 0 Å². The molecule has 0 saturated heterocycles. The van der Waals surface area contributed by atoms with Crippen LogP contribution in [0, 0.1) is 0 Å². The van der Waals surface area contributed by atoms with Crippen molar-refractivity contribution in [3.05, 3.63) is 88.4 Å². The van der Waals surface area contributed by atoms with E-state index in [1.807, 2.05) is 60.7 Å². The highest BCUT2D eigenvalue weighted by atomic mass is 32.2. The molecule has 2 aromatic carbocycles. The molecule has 3 atom stereocenters. The SMILES string of the molecule is CN(C)S(=O)(=O)N[C@@H](Cc1ccccc1)C[C@H](O)[C@H](Cc1ccccc1)N(Cc1cncs1)C(=O)O. The number of aliphatic hydroxyl groups excluding tert-OH is 1. The predicted molar refractivity (Wildman–Crippen MR) is 140 cm³/mol. The van der Waals surface area contributed by atoms with Crippen LogP contribution in [0.15, 0.2) is 72.4 Å². The lowest BCUT2D eigenvalue weighted by Gasteiger charge is -2.34. The van der Waals surface area contributed by atoms with E-state index < -0.39 is 34.5 Å². The highest BCUT2D eigenvalue weighted by Crippen LogP contribution is 2.22. The Morgan fingerprint density at radius 2 is 1.61 bits per heavy atom. The molecule has 3 rings (SSSR count). The molecule has 0 saturated carbocycles. The Bertz CT molecular complexity index is 1180. The minimum atomic E-state index is -3.79. The maximum atomic E-state index is 12.7. The number of nitrogens with zero attached hydrogens (tertiary/aromatic N) is 3. The number of aromatic nitrogens is 1. The number of benzene rings is 2. The summed E-state index contributed by atoms with van der Waals surface area (Å²) in [5.41, 5.74) is 3.39. The lowest BCUT2D eigenvalue weighted by atomic mass is 9.93. The van der Waals surface area contributed by atoms with Crippen LogP contribution in [0.4, 0.5) is 4.79 Å². The Kier molecular flexibility index (Phi) is 9.97. The summed E-state index contributed by atoms with van der Waals surface area (Å²) >= 11 is 1.34. The number of aliphatic hydroxyl groups is 1. The number of carbonyl (C=O) groups is 1. The molecule has 1 aromatic heterocycles. The molecule has 1 amide bonds. The lowest BCUT2D eigenvalue weighted by Crippen LogP contribution is -2.51. The Balaban J connectivity index is 1.90. The van der Waals surface area contributed by atoms with E-state index in [4.69, 9.17) is 0 Å². The molecule has 1 heterocycles. The average Bonchev–Trinajstić information content (AvgIpc) is 3.35. The van der Waals surface area contributed by atoms with E-state index in [1.165, 1.54) is 30.3 Å².